The summed E-state index contributed by atoms with van der Waals surface area (Å²) in [5.41, 5.74) is 1.22. The fourth-order valence-corrected chi connectivity index (χ4v) is 4.76. The molecule has 116 valence electrons. The standard InChI is InChI=1S/C14H18ClNO4S/c1-9-8-10(15)6-7-12(9)16-21(18,19)13-5-3-4-11(13)14(17)20-2/h6-8,11,13,16H,3-5H2,1-2H3. The monoisotopic (exact) mass is 331 g/mol. The van der Waals surface area contributed by atoms with Crippen molar-refractivity contribution in [2.75, 3.05) is 11.8 Å². The van der Waals surface area contributed by atoms with Crippen LogP contribution in [0.1, 0.15) is 24.8 Å². The molecular formula is C14H18ClNO4S. The Hall–Kier alpha value is -1.27. The van der Waals surface area contributed by atoms with Crippen molar-refractivity contribution in [2.24, 2.45) is 5.92 Å². The molecule has 1 aromatic carbocycles. The van der Waals surface area contributed by atoms with Crippen LogP contribution in [0.4, 0.5) is 5.69 Å². The third kappa shape index (κ3) is 3.49. The molecule has 5 nitrogen and oxygen atoms in total. The summed E-state index contributed by atoms with van der Waals surface area (Å²) in [6, 6.07) is 4.93. The van der Waals surface area contributed by atoms with E-state index in [4.69, 9.17) is 16.3 Å². The summed E-state index contributed by atoms with van der Waals surface area (Å²) < 4.78 is 32.3. The fraction of sp³-hybridized carbons (Fsp3) is 0.500. The topological polar surface area (TPSA) is 72.5 Å². The van der Waals surface area contributed by atoms with Gasteiger partial charge < -0.3 is 4.74 Å². The number of sulfonamides is 1. The van der Waals surface area contributed by atoms with Gasteiger partial charge in [-0.3, -0.25) is 9.52 Å². The number of halogens is 1. The molecule has 0 saturated heterocycles. The van der Waals surface area contributed by atoms with Crippen LogP contribution in [0.5, 0.6) is 0 Å². The fourth-order valence-electron chi connectivity index (χ4n) is 2.69. The highest BCUT2D eigenvalue weighted by Gasteiger charge is 2.42. The Balaban J connectivity index is 2.23. The van der Waals surface area contributed by atoms with E-state index >= 15 is 0 Å². The van der Waals surface area contributed by atoms with E-state index in [2.05, 4.69) is 4.72 Å². The Kier molecular flexibility index (Phi) is 4.78. The lowest BCUT2D eigenvalue weighted by Gasteiger charge is -2.20. The lowest BCUT2D eigenvalue weighted by Crippen LogP contribution is -2.35. The first-order valence-corrected chi connectivity index (χ1v) is 8.63. The van der Waals surface area contributed by atoms with Gasteiger partial charge in [-0.15, -0.1) is 0 Å². The van der Waals surface area contributed by atoms with Crippen LogP contribution in [0.2, 0.25) is 5.02 Å². The molecule has 1 saturated carbocycles. The van der Waals surface area contributed by atoms with Gasteiger partial charge in [0.1, 0.15) is 0 Å². The highest BCUT2D eigenvalue weighted by atomic mass is 35.5. The highest BCUT2D eigenvalue weighted by Crippen LogP contribution is 2.33. The molecule has 1 aromatic rings. The van der Waals surface area contributed by atoms with Crippen molar-refractivity contribution in [1.29, 1.82) is 0 Å². The Morgan fingerprint density at radius 1 is 1.38 bits per heavy atom. The van der Waals surface area contributed by atoms with Gasteiger partial charge in [0, 0.05) is 5.02 Å². The average molecular weight is 332 g/mol. The first kappa shape index (κ1) is 16.1. The van der Waals surface area contributed by atoms with E-state index in [9.17, 15) is 13.2 Å². The minimum absolute atomic E-state index is 0.460. The molecule has 0 aromatic heterocycles. The van der Waals surface area contributed by atoms with Crippen molar-refractivity contribution in [3.05, 3.63) is 28.8 Å². The molecular weight excluding hydrogens is 314 g/mol. The minimum Gasteiger partial charge on any atom is -0.469 e. The third-order valence-corrected chi connectivity index (χ3v) is 5.90. The van der Waals surface area contributed by atoms with Crippen molar-refractivity contribution in [1.82, 2.24) is 0 Å². The second-order valence-corrected chi connectivity index (χ2v) is 7.54. The smallest absolute Gasteiger partial charge is 0.310 e. The largest absolute Gasteiger partial charge is 0.469 e. The molecule has 1 aliphatic carbocycles. The van der Waals surface area contributed by atoms with Crippen LogP contribution < -0.4 is 4.72 Å². The van der Waals surface area contributed by atoms with Gasteiger partial charge in [0.2, 0.25) is 10.0 Å². The van der Waals surface area contributed by atoms with Crippen LogP contribution >= 0.6 is 11.6 Å². The van der Waals surface area contributed by atoms with Crippen molar-refractivity contribution in [3.8, 4) is 0 Å². The van der Waals surface area contributed by atoms with E-state index in [1.165, 1.54) is 7.11 Å². The molecule has 0 amide bonds. The number of ether oxygens (including phenoxy) is 1. The lowest BCUT2D eigenvalue weighted by atomic mass is 10.1. The number of aryl methyl sites for hydroxylation is 1. The summed E-state index contributed by atoms with van der Waals surface area (Å²) in [5.74, 6) is -1.06. The van der Waals surface area contributed by atoms with Crippen molar-refractivity contribution < 1.29 is 17.9 Å². The summed E-state index contributed by atoms with van der Waals surface area (Å²) in [5, 5.41) is -0.205. The molecule has 21 heavy (non-hydrogen) atoms. The number of hydrogen-bond donors (Lipinski definition) is 1. The predicted octanol–water partition coefficient (Wildman–Crippen LogP) is 2.73. The molecule has 2 rings (SSSR count). The van der Waals surface area contributed by atoms with Crippen LogP contribution in [-0.2, 0) is 19.6 Å². The van der Waals surface area contributed by atoms with Crippen LogP contribution in [0.15, 0.2) is 18.2 Å². The number of benzene rings is 1. The van der Waals surface area contributed by atoms with Gasteiger partial charge >= 0.3 is 5.97 Å². The molecule has 7 heteroatoms. The number of carbonyl (C=O) groups is 1. The molecule has 2 atom stereocenters. The summed E-state index contributed by atoms with van der Waals surface area (Å²) >= 11 is 5.86. The van der Waals surface area contributed by atoms with Crippen LogP contribution in [0.3, 0.4) is 0 Å². The molecule has 0 radical (unpaired) electrons. The summed E-state index contributed by atoms with van der Waals surface area (Å²) in [4.78, 5) is 11.7. The number of hydrogen-bond acceptors (Lipinski definition) is 4. The Labute approximate surface area is 129 Å². The molecule has 0 heterocycles. The molecule has 0 spiro atoms. The first-order valence-electron chi connectivity index (χ1n) is 6.71. The Bertz CT molecular complexity index is 644. The van der Waals surface area contributed by atoms with Crippen molar-refractivity contribution in [2.45, 2.75) is 31.4 Å². The maximum Gasteiger partial charge on any atom is 0.310 e. The first-order chi connectivity index (χ1) is 9.85. The van der Waals surface area contributed by atoms with Crippen molar-refractivity contribution in [3.63, 3.8) is 0 Å². The molecule has 1 N–H and O–H groups in total. The molecule has 0 aliphatic heterocycles. The zero-order valence-corrected chi connectivity index (χ0v) is 13.5. The average Bonchev–Trinajstić information content (AvgIpc) is 2.91. The van der Waals surface area contributed by atoms with E-state index in [0.717, 1.165) is 5.56 Å². The SMILES string of the molecule is COC(=O)C1CCCC1S(=O)(=O)Nc1ccc(Cl)cc1C. The van der Waals surface area contributed by atoms with Crippen LogP contribution in [-0.4, -0.2) is 26.7 Å². The maximum atomic E-state index is 12.5. The van der Waals surface area contributed by atoms with E-state index in [-0.39, 0.29) is 0 Å². The lowest BCUT2D eigenvalue weighted by molar-refractivity contribution is -0.145. The Morgan fingerprint density at radius 2 is 2.10 bits per heavy atom. The molecule has 2 unspecified atom stereocenters. The maximum absolute atomic E-state index is 12.5. The van der Waals surface area contributed by atoms with Gasteiger partial charge in [-0.05, 0) is 43.5 Å². The van der Waals surface area contributed by atoms with Crippen LogP contribution in [0.25, 0.3) is 0 Å². The molecule has 1 fully saturated rings. The number of carbonyl (C=O) groups excluding carboxylic acids is 1. The number of methoxy groups -OCH3 is 1. The van der Waals surface area contributed by atoms with E-state index in [1.54, 1.807) is 25.1 Å². The van der Waals surface area contributed by atoms with Crippen molar-refractivity contribution >= 4 is 33.3 Å². The summed E-state index contributed by atoms with van der Waals surface area (Å²) in [6.07, 6.45) is 1.70. The second-order valence-electron chi connectivity index (χ2n) is 5.21. The van der Waals surface area contributed by atoms with Gasteiger partial charge in [-0.25, -0.2) is 8.42 Å². The second kappa shape index (κ2) is 6.23. The van der Waals surface area contributed by atoms with E-state index < -0.39 is 27.2 Å². The van der Waals surface area contributed by atoms with Gasteiger partial charge in [0.25, 0.3) is 0 Å². The van der Waals surface area contributed by atoms with Gasteiger partial charge in [0.15, 0.2) is 0 Å². The zero-order valence-electron chi connectivity index (χ0n) is 11.9. The quantitative estimate of drug-likeness (QED) is 0.861. The number of rotatable bonds is 4. The highest BCUT2D eigenvalue weighted by molar-refractivity contribution is 7.93. The minimum atomic E-state index is -3.65. The Morgan fingerprint density at radius 3 is 2.71 bits per heavy atom. The normalized spacial score (nSPS) is 22.0. The summed E-state index contributed by atoms with van der Waals surface area (Å²) in [7, 11) is -2.37. The van der Waals surface area contributed by atoms with Gasteiger partial charge in [-0.1, -0.05) is 18.0 Å². The third-order valence-electron chi connectivity index (χ3n) is 3.80. The number of nitrogens with one attached hydrogen (secondary N) is 1. The molecule has 0 bridgehead atoms. The summed E-state index contributed by atoms with van der Waals surface area (Å²) in [6.45, 7) is 1.77. The van der Waals surface area contributed by atoms with E-state index in [0.29, 0.717) is 30.0 Å². The van der Waals surface area contributed by atoms with Crippen LogP contribution in [0, 0.1) is 12.8 Å². The van der Waals surface area contributed by atoms with Gasteiger partial charge in [-0.2, -0.15) is 0 Å². The zero-order chi connectivity index (χ0) is 15.6. The number of anilines is 1. The number of esters is 1. The van der Waals surface area contributed by atoms with E-state index in [1.807, 2.05) is 0 Å². The predicted molar refractivity (Wildman–Crippen MR) is 81.9 cm³/mol. The van der Waals surface area contributed by atoms with Gasteiger partial charge in [0.05, 0.1) is 24.0 Å². The molecule has 1 aliphatic rings.